The van der Waals surface area contributed by atoms with Crippen LogP contribution in [-0.2, 0) is 11.3 Å². The highest BCUT2D eigenvalue weighted by atomic mass is 16.5. The summed E-state index contributed by atoms with van der Waals surface area (Å²) >= 11 is 0. The van der Waals surface area contributed by atoms with Gasteiger partial charge in [-0.25, -0.2) is 0 Å². The van der Waals surface area contributed by atoms with Crippen LogP contribution >= 0.6 is 0 Å². The Bertz CT molecular complexity index is 386. The van der Waals surface area contributed by atoms with Gasteiger partial charge >= 0.3 is 0 Å². The Morgan fingerprint density at radius 3 is 2.55 bits per heavy atom. The van der Waals surface area contributed by atoms with Gasteiger partial charge in [0.1, 0.15) is 0 Å². The van der Waals surface area contributed by atoms with Gasteiger partial charge in [0.05, 0.1) is 13.2 Å². The van der Waals surface area contributed by atoms with Crippen molar-refractivity contribution in [2.75, 3.05) is 31.6 Å². The van der Waals surface area contributed by atoms with Crippen LogP contribution in [0.5, 0.6) is 0 Å². The summed E-state index contributed by atoms with van der Waals surface area (Å²) in [6.07, 6.45) is 4.00. The maximum atomic E-state index is 5.39. The van der Waals surface area contributed by atoms with Crippen molar-refractivity contribution in [3.05, 3.63) is 29.8 Å². The van der Waals surface area contributed by atoms with E-state index in [0.717, 1.165) is 38.8 Å². The zero-order chi connectivity index (χ0) is 13.8. The van der Waals surface area contributed by atoms with Crippen molar-refractivity contribution in [2.24, 2.45) is 5.92 Å². The van der Waals surface area contributed by atoms with E-state index in [1.54, 1.807) is 0 Å². The Morgan fingerprint density at radius 1 is 1.15 bits per heavy atom. The van der Waals surface area contributed by atoms with Crippen LogP contribution < -0.4 is 5.32 Å². The Balaban J connectivity index is 1.51. The van der Waals surface area contributed by atoms with Gasteiger partial charge < -0.3 is 10.1 Å². The Kier molecular flexibility index (Phi) is 4.58. The zero-order valence-corrected chi connectivity index (χ0v) is 12.5. The fraction of sp³-hybridized carbons (Fsp3) is 0.647. The van der Waals surface area contributed by atoms with Crippen molar-refractivity contribution < 1.29 is 4.74 Å². The second kappa shape index (κ2) is 6.59. The molecule has 1 aromatic carbocycles. The van der Waals surface area contributed by atoms with Gasteiger partial charge in [0.25, 0.3) is 0 Å². The first-order valence-electron chi connectivity index (χ1n) is 7.95. The second-order valence-electron chi connectivity index (χ2n) is 6.34. The first-order chi connectivity index (χ1) is 9.79. The molecule has 3 heteroatoms. The zero-order valence-electron chi connectivity index (χ0n) is 12.5. The van der Waals surface area contributed by atoms with Crippen LogP contribution in [0.1, 0.15) is 31.7 Å². The second-order valence-corrected chi connectivity index (χ2v) is 6.34. The lowest BCUT2D eigenvalue weighted by Crippen LogP contribution is -2.35. The summed E-state index contributed by atoms with van der Waals surface area (Å²) in [5.74, 6) is 0.882. The molecule has 0 radical (unpaired) electrons. The lowest BCUT2D eigenvalue weighted by Gasteiger charge is -2.26. The number of morpholine rings is 1. The van der Waals surface area contributed by atoms with Gasteiger partial charge in [-0.2, -0.15) is 0 Å². The van der Waals surface area contributed by atoms with Gasteiger partial charge in [-0.15, -0.1) is 0 Å². The number of benzene rings is 1. The topological polar surface area (TPSA) is 24.5 Å². The van der Waals surface area contributed by atoms with E-state index in [-0.39, 0.29) is 0 Å². The summed E-state index contributed by atoms with van der Waals surface area (Å²) in [5.41, 5.74) is 2.67. The molecule has 2 atom stereocenters. The van der Waals surface area contributed by atoms with Crippen molar-refractivity contribution in [2.45, 2.75) is 38.8 Å². The lowest BCUT2D eigenvalue weighted by molar-refractivity contribution is 0.0342. The minimum Gasteiger partial charge on any atom is -0.382 e. The van der Waals surface area contributed by atoms with Gasteiger partial charge in [0.2, 0.25) is 0 Å². The Labute approximate surface area is 122 Å². The van der Waals surface area contributed by atoms with Crippen LogP contribution in [0.3, 0.4) is 0 Å². The third kappa shape index (κ3) is 3.74. The average molecular weight is 274 g/mol. The first-order valence-corrected chi connectivity index (χ1v) is 7.95. The molecule has 1 saturated heterocycles. The molecule has 0 amide bonds. The highest BCUT2D eigenvalue weighted by molar-refractivity contribution is 5.45. The van der Waals surface area contributed by atoms with E-state index in [9.17, 15) is 0 Å². The summed E-state index contributed by atoms with van der Waals surface area (Å²) in [5, 5.41) is 3.67. The number of ether oxygens (including phenoxy) is 1. The molecule has 1 aliphatic carbocycles. The molecule has 3 rings (SSSR count). The number of hydrogen-bond donors (Lipinski definition) is 1. The molecule has 3 nitrogen and oxygen atoms in total. The van der Waals surface area contributed by atoms with E-state index >= 15 is 0 Å². The van der Waals surface area contributed by atoms with E-state index in [2.05, 4.69) is 41.4 Å². The van der Waals surface area contributed by atoms with Crippen molar-refractivity contribution in [1.29, 1.82) is 0 Å². The predicted octanol–water partition coefficient (Wildman–Crippen LogP) is 3.12. The average Bonchev–Trinajstić information content (AvgIpc) is 2.88. The van der Waals surface area contributed by atoms with Crippen LogP contribution in [0.2, 0.25) is 0 Å². The highest BCUT2D eigenvalue weighted by Crippen LogP contribution is 2.27. The quantitative estimate of drug-likeness (QED) is 0.913. The molecule has 1 saturated carbocycles. The molecule has 110 valence electrons. The Hall–Kier alpha value is -1.06. The van der Waals surface area contributed by atoms with Crippen LogP contribution in [0.4, 0.5) is 5.69 Å². The SMILES string of the molecule is CC1CCC(Nc2ccc(CN3CCOCC3)cc2)C1. The number of rotatable bonds is 4. The molecule has 0 aromatic heterocycles. The molecule has 0 spiro atoms. The van der Waals surface area contributed by atoms with Crippen LogP contribution in [0, 0.1) is 5.92 Å². The van der Waals surface area contributed by atoms with Crippen molar-refractivity contribution >= 4 is 5.69 Å². The summed E-state index contributed by atoms with van der Waals surface area (Å²) in [6, 6.07) is 9.67. The third-order valence-corrected chi connectivity index (χ3v) is 4.53. The lowest BCUT2D eigenvalue weighted by atomic mass is 10.1. The van der Waals surface area contributed by atoms with E-state index in [4.69, 9.17) is 4.74 Å². The van der Waals surface area contributed by atoms with Gasteiger partial charge in [-0.05, 0) is 42.9 Å². The minimum atomic E-state index is 0.676. The predicted molar refractivity (Wildman–Crippen MR) is 83.0 cm³/mol. The summed E-state index contributed by atoms with van der Waals surface area (Å²) in [4.78, 5) is 2.46. The van der Waals surface area contributed by atoms with Crippen LogP contribution in [0.25, 0.3) is 0 Å². The smallest absolute Gasteiger partial charge is 0.0594 e. The van der Waals surface area contributed by atoms with Crippen molar-refractivity contribution in [3.63, 3.8) is 0 Å². The number of nitrogens with one attached hydrogen (secondary N) is 1. The molecule has 2 unspecified atom stereocenters. The van der Waals surface area contributed by atoms with E-state index in [1.165, 1.54) is 30.5 Å². The van der Waals surface area contributed by atoms with Crippen molar-refractivity contribution in [1.82, 2.24) is 4.90 Å². The molecule has 1 N–H and O–H groups in total. The third-order valence-electron chi connectivity index (χ3n) is 4.53. The Morgan fingerprint density at radius 2 is 1.90 bits per heavy atom. The minimum absolute atomic E-state index is 0.676. The summed E-state index contributed by atoms with van der Waals surface area (Å²) in [7, 11) is 0. The number of anilines is 1. The molecular weight excluding hydrogens is 248 g/mol. The fourth-order valence-corrected chi connectivity index (χ4v) is 3.30. The molecule has 1 aliphatic heterocycles. The first kappa shape index (κ1) is 13.9. The molecule has 2 aliphatic rings. The van der Waals surface area contributed by atoms with Crippen LogP contribution in [-0.4, -0.2) is 37.2 Å². The summed E-state index contributed by atoms with van der Waals surface area (Å²) in [6.45, 7) is 7.26. The molecular formula is C17H26N2O. The maximum absolute atomic E-state index is 5.39. The van der Waals surface area contributed by atoms with Gasteiger partial charge in [-0.1, -0.05) is 19.1 Å². The van der Waals surface area contributed by atoms with Gasteiger partial charge in [0, 0.05) is 31.4 Å². The van der Waals surface area contributed by atoms with Gasteiger partial charge in [0.15, 0.2) is 0 Å². The molecule has 1 aromatic rings. The van der Waals surface area contributed by atoms with Crippen molar-refractivity contribution in [3.8, 4) is 0 Å². The molecule has 1 heterocycles. The summed E-state index contributed by atoms with van der Waals surface area (Å²) < 4.78 is 5.39. The van der Waals surface area contributed by atoms with Crippen LogP contribution in [0.15, 0.2) is 24.3 Å². The van der Waals surface area contributed by atoms with E-state index < -0.39 is 0 Å². The largest absolute Gasteiger partial charge is 0.382 e. The maximum Gasteiger partial charge on any atom is 0.0594 e. The fourth-order valence-electron chi connectivity index (χ4n) is 3.30. The highest BCUT2D eigenvalue weighted by Gasteiger charge is 2.20. The molecule has 20 heavy (non-hydrogen) atoms. The number of hydrogen-bond acceptors (Lipinski definition) is 3. The van der Waals surface area contributed by atoms with E-state index in [0.29, 0.717) is 6.04 Å². The van der Waals surface area contributed by atoms with Gasteiger partial charge in [-0.3, -0.25) is 4.90 Å². The molecule has 0 bridgehead atoms. The molecule has 2 fully saturated rings. The standard InChI is InChI=1S/C17H26N2O/c1-14-2-5-17(12-14)18-16-6-3-15(4-7-16)13-19-8-10-20-11-9-19/h3-4,6-7,14,17-18H,2,5,8-13H2,1H3. The number of nitrogens with zero attached hydrogens (tertiary/aromatic N) is 1. The van der Waals surface area contributed by atoms with E-state index in [1.807, 2.05) is 0 Å². The normalized spacial score (nSPS) is 27.6. The monoisotopic (exact) mass is 274 g/mol.